The molecule has 0 amide bonds. The molecule has 104 valence electrons. The fourth-order valence-corrected chi connectivity index (χ4v) is 2.85. The molecule has 0 saturated heterocycles. The van der Waals surface area contributed by atoms with Crippen LogP contribution in [0.25, 0.3) is 0 Å². The van der Waals surface area contributed by atoms with Gasteiger partial charge in [-0.3, -0.25) is 0 Å². The highest BCUT2D eigenvalue weighted by Crippen LogP contribution is 2.40. The van der Waals surface area contributed by atoms with Gasteiger partial charge in [-0.05, 0) is 32.5 Å². The molecule has 2 aromatic carbocycles. The topological polar surface area (TPSA) is 21.3 Å². The molecule has 2 heteroatoms. The van der Waals surface area contributed by atoms with Crippen molar-refractivity contribution in [2.24, 2.45) is 0 Å². The monoisotopic (exact) mass is 267 g/mol. The Bertz CT molecular complexity index is 603. The first-order valence-corrected chi connectivity index (χ1v) is 7.18. The number of benzene rings is 2. The van der Waals surface area contributed by atoms with Gasteiger partial charge >= 0.3 is 0 Å². The van der Waals surface area contributed by atoms with Crippen molar-refractivity contribution in [2.45, 2.75) is 32.4 Å². The van der Waals surface area contributed by atoms with Crippen LogP contribution >= 0.6 is 0 Å². The highest BCUT2D eigenvalue weighted by Gasteiger charge is 2.28. The van der Waals surface area contributed by atoms with E-state index in [-0.39, 0.29) is 6.10 Å². The van der Waals surface area contributed by atoms with E-state index >= 15 is 0 Å². The molecule has 1 aliphatic rings. The molecule has 0 bridgehead atoms. The van der Waals surface area contributed by atoms with Gasteiger partial charge in [-0.1, -0.05) is 47.5 Å². The van der Waals surface area contributed by atoms with Crippen LogP contribution in [0.1, 0.15) is 40.8 Å². The second-order valence-corrected chi connectivity index (χ2v) is 5.64. The van der Waals surface area contributed by atoms with Crippen LogP contribution in [0, 0.1) is 13.8 Å². The Hall–Kier alpha value is -1.80. The fraction of sp³-hybridized carbons (Fsp3) is 0.333. The number of ether oxygens (including phenoxy) is 1. The van der Waals surface area contributed by atoms with Crippen LogP contribution in [-0.4, -0.2) is 7.05 Å². The normalized spacial score (nSPS) is 21.1. The molecule has 3 rings (SSSR count). The Morgan fingerprint density at radius 3 is 2.40 bits per heavy atom. The van der Waals surface area contributed by atoms with Crippen molar-refractivity contribution in [1.82, 2.24) is 5.32 Å². The minimum atomic E-state index is 0.128. The molecule has 0 spiro atoms. The number of aryl methyl sites for hydroxylation is 2. The van der Waals surface area contributed by atoms with Crippen LogP contribution in [0.4, 0.5) is 0 Å². The Morgan fingerprint density at radius 2 is 1.70 bits per heavy atom. The van der Waals surface area contributed by atoms with Gasteiger partial charge in [-0.15, -0.1) is 0 Å². The predicted octanol–water partition coefficient (Wildman–Crippen LogP) is 4.09. The largest absolute Gasteiger partial charge is 0.485 e. The third-order valence-corrected chi connectivity index (χ3v) is 4.06. The van der Waals surface area contributed by atoms with Gasteiger partial charge in [0, 0.05) is 18.0 Å². The summed E-state index contributed by atoms with van der Waals surface area (Å²) < 4.78 is 6.20. The third kappa shape index (κ3) is 2.44. The number of fused-ring (bicyclic) bond motifs is 1. The molecular formula is C18H21NO. The van der Waals surface area contributed by atoms with E-state index in [1.54, 1.807) is 0 Å². The zero-order valence-electron chi connectivity index (χ0n) is 12.3. The Balaban J connectivity index is 1.94. The zero-order chi connectivity index (χ0) is 14.1. The molecule has 0 saturated carbocycles. The molecule has 0 fully saturated rings. The van der Waals surface area contributed by atoms with Crippen LogP contribution < -0.4 is 10.1 Å². The van der Waals surface area contributed by atoms with Crippen molar-refractivity contribution >= 4 is 0 Å². The zero-order valence-corrected chi connectivity index (χ0v) is 12.3. The second-order valence-electron chi connectivity index (χ2n) is 5.64. The van der Waals surface area contributed by atoms with E-state index in [1.807, 2.05) is 7.05 Å². The van der Waals surface area contributed by atoms with Gasteiger partial charge in [-0.2, -0.15) is 0 Å². The Kier molecular flexibility index (Phi) is 3.49. The van der Waals surface area contributed by atoms with Crippen molar-refractivity contribution < 1.29 is 4.74 Å². The predicted molar refractivity (Wildman–Crippen MR) is 82.1 cm³/mol. The van der Waals surface area contributed by atoms with Crippen molar-refractivity contribution in [3.8, 4) is 5.75 Å². The summed E-state index contributed by atoms with van der Waals surface area (Å²) in [6.07, 6.45) is 1.10. The number of nitrogens with one attached hydrogen (secondary N) is 1. The third-order valence-electron chi connectivity index (χ3n) is 4.06. The second kappa shape index (κ2) is 5.29. The summed E-state index contributed by atoms with van der Waals surface area (Å²) in [7, 11) is 2.02. The van der Waals surface area contributed by atoms with Gasteiger partial charge in [0.25, 0.3) is 0 Å². The van der Waals surface area contributed by atoms with E-state index in [9.17, 15) is 0 Å². The van der Waals surface area contributed by atoms with Crippen LogP contribution in [0.3, 0.4) is 0 Å². The SMILES string of the molecule is CNC1CC(c2ccc(C)cc2)Oc2ccc(C)cc21. The van der Waals surface area contributed by atoms with Gasteiger partial charge < -0.3 is 10.1 Å². The van der Waals surface area contributed by atoms with Gasteiger partial charge in [0.15, 0.2) is 0 Å². The molecule has 1 heterocycles. The first-order chi connectivity index (χ1) is 9.67. The average molecular weight is 267 g/mol. The highest BCUT2D eigenvalue weighted by atomic mass is 16.5. The number of rotatable bonds is 2. The molecule has 2 nitrogen and oxygen atoms in total. The van der Waals surface area contributed by atoms with Gasteiger partial charge in [0.05, 0.1) is 0 Å². The van der Waals surface area contributed by atoms with E-state index in [2.05, 4.69) is 61.6 Å². The molecule has 2 atom stereocenters. The maximum atomic E-state index is 6.20. The molecular weight excluding hydrogens is 246 g/mol. The molecule has 0 radical (unpaired) electrons. The Labute approximate surface area is 120 Å². The quantitative estimate of drug-likeness (QED) is 0.885. The smallest absolute Gasteiger partial charge is 0.126 e. The van der Waals surface area contributed by atoms with Crippen molar-refractivity contribution in [1.29, 1.82) is 0 Å². The van der Waals surface area contributed by atoms with Gasteiger partial charge in [0.1, 0.15) is 11.9 Å². The molecule has 1 aliphatic heterocycles. The van der Waals surface area contributed by atoms with E-state index in [0.29, 0.717) is 6.04 Å². The van der Waals surface area contributed by atoms with Crippen LogP contribution in [0.15, 0.2) is 42.5 Å². The molecule has 0 aliphatic carbocycles. The van der Waals surface area contributed by atoms with E-state index < -0.39 is 0 Å². The summed E-state index contributed by atoms with van der Waals surface area (Å²) in [4.78, 5) is 0. The minimum absolute atomic E-state index is 0.128. The molecule has 0 aromatic heterocycles. The molecule has 2 unspecified atom stereocenters. The average Bonchev–Trinajstić information content (AvgIpc) is 2.47. The van der Waals surface area contributed by atoms with Crippen LogP contribution in [-0.2, 0) is 0 Å². The van der Waals surface area contributed by atoms with Gasteiger partial charge in [0.2, 0.25) is 0 Å². The van der Waals surface area contributed by atoms with Crippen LogP contribution in [0.5, 0.6) is 5.75 Å². The molecule has 1 N–H and O–H groups in total. The summed E-state index contributed by atoms with van der Waals surface area (Å²) >= 11 is 0. The number of hydrogen-bond donors (Lipinski definition) is 1. The summed E-state index contributed by atoms with van der Waals surface area (Å²) in [5.41, 5.74) is 5.09. The van der Waals surface area contributed by atoms with E-state index in [1.165, 1.54) is 22.3 Å². The minimum Gasteiger partial charge on any atom is -0.485 e. The summed E-state index contributed by atoms with van der Waals surface area (Å²) in [5.74, 6) is 1.01. The lowest BCUT2D eigenvalue weighted by molar-refractivity contribution is 0.154. The highest BCUT2D eigenvalue weighted by molar-refractivity contribution is 5.42. The maximum absolute atomic E-state index is 6.20. The lowest BCUT2D eigenvalue weighted by Crippen LogP contribution is -2.26. The summed E-state index contributed by atoms with van der Waals surface area (Å²) in [6, 6.07) is 15.4. The van der Waals surface area contributed by atoms with Gasteiger partial charge in [-0.25, -0.2) is 0 Å². The molecule has 2 aromatic rings. The Morgan fingerprint density at radius 1 is 1.00 bits per heavy atom. The van der Waals surface area contributed by atoms with Crippen molar-refractivity contribution in [3.63, 3.8) is 0 Å². The van der Waals surface area contributed by atoms with E-state index in [4.69, 9.17) is 4.74 Å². The lowest BCUT2D eigenvalue weighted by Gasteiger charge is -2.32. The summed E-state index contributed by atoms with van der Waals surface area (Å²) in [6.45, 7) is 4.24. The lowest BCUT2D eigenvalue weighted by atomic mass is 9.92. The van der Waals surface area contributed by atoms with Crippen molar-refractivity contribution in [3.05, 3.63) is 64.7 Å². The maximum Gasteiger partial charge on any atom is 0.126 e. The van der Waals surface area contributed by atoms with Crippen LogP contribution in [0.2, 0.25) is 0 Å². The molecule has 20 heavy (non-hydrogen) atoms. The van der Waals surface area contributed by atoms with E-state index in [0.717, 1.165) is 12.2 Å². The first kappa shape index (κ1) is 13.2. The fourth-order valence-electron chi connectivity index (χ4n) is 2.85. The standard InChI is InChI=1S/C18H21NO/c1-12-4-7-14(8-5-12)18-11-16(19-3)15-10-13(2)6-9-17(15)20-18/h4-10,16,18-19H,11H2,1-3H3. The summed E-state index contributed by atoms with van der Waals surface area (Å²) in [5, 5.41) is 3.42. The first-order valence-electron chi connectivity index (χ1n) is 7.18. The van der Waals surface area contributed by atoms with Crippen molar-refractivity contribution in [2.75, 3.05) is 7.05 Å². The number of hydrogen-bond acceptors (Lipinski definition) is 2.